The van der Waals surface area contributed by atoms with Crippen LogP contribution >= 0.6 is 23.2 Å². The molecule has 0 radical (unpaired) electrons. The summed E-state index contributed by atoms with van der Waals surface area (Å²) >= 11 is 11.5. The van der Waals surface area contributed by atoms with Gasteiger partial charge < -0.3 is 0 Å². The van der Waals surface area contributed by atoms with Crippen molar-refractivity contribution in [2.75, 3.05) is 0 Å². The molecule has 0 aliphatic carbocycles. The molecule has 0 unspecified atom stereocenters. The van der Waals surface area contributed by atoms with E-state index in [9.17, 15) is 9.59 Å². The monoisotopic (exact) mass is 274 g/mol. The first-order chi connectivity index (χ1) is 8.04. The fourth-order valence-corrected chi connectivity index (χ4v) is 1.65. The van der Waals surface area contributed by atoms with Gasteiger partial charge in [-0.05, 0) is 24.6 Å². The van der Waals surface area contributed by atoms with Gasteiger partial charge in [-0.15, -0.1) is 0 Å². The molecule has 1 aromatic carbocycles. The highest BCUT2D eigenvalue weighted by Crippen LogP contribution is 2.20. The van der Waals surface area contributed by atoms with Crippen LogP contribution in [-0.2, 0) is 4.79 Å². The molecule has 0 fully saturated rings. The third-order valence-electron chi connectivity index (χ3n) is 1.97. The zero-order valence-corrected chi connectivity index (χ0v) is 10.7. The second kappa shape index (κ2) is 6.47. The number of nitrogens with one attached hydrogen (secondary N) is 2. The van der Waals surface area contributed by atoms with Crippen LogP contribution < -0.4 is 10.9 Å². The molecule has 0 bridgehead atoms. The van der Waals surface area contributed by atoms with Crippen molar-refractivity contribution >= 4 is 35.0 Å². The van der Waals surface area contributed by atoms with Gasteiger partial charge in [-0.1, -0.05) is 30.1 Å². The molecule has 92 valence electrons. The van der Waals surface area contributed by atoms with Gasteiger partial charge in [-0.25, -0.2) is 0 Å². The Bertz CT molecular complexity index is 435. The summed E-state index contributed by atoms with van der Waals surface area (Å²) in [6.07, 6.45) is 1.07. The lowest BCUT2D eigenvalue weighted by Crippen LogP contribution is -2.41. The third kappa shape index (κ3) is 4.24. The van der Waals surface area contributed by atoms with E-state index in [1.807, 2.05) is 6.92 Å². The van der Waals surface area contributed by atoms with E-state index in [1.165, 1.54) is 12.1 Å². The number of rotatable bonds is 3. The summed E-state index contributed by atoms with van der Waals surface area (Å²) in [7, 11) is 0. The SMILES string of the molecule is CCCC(=O)NNC(=O)c1ccc(Cl)cc1Cl. The van der Waals surface area contributed by atoms with E-state index in [-0.39, 0.29) is 16.5 Å². The van der Waals surface area contributed by atoms with Crippen LogP contribution in [0, 0.1) is 0 Å². The number of benzene rings is 1. The Kier molecular flexibility index (Phi) is 5.25. The molecule has 1 rings (SSSR count). The zero-order valence-electron chi connectivity index (χ0n) is 9.22. The molecule has 2 amide bonds. The fourth-order valence-electron chi connectivity index (χ4n) is 1.16. The van der Waals surface area contributed by atoms with Crippen LogP contribution in [0.4, 0.5) is 0 Å². The van der Waals surface area contributed by atoms with Crippen LogP contribution in [0.5, 0.6) is 0 Å². The second-order valence-electron chi connectivity index (χ2n) is 3.38. The normalized spacial score (nSPS) is 9.82. The van der Waals surface area contributed by atoms with E-state index >= 15 is 0 Å². The number of carbonyl (C=O) groups is 2. The van der Waals surface area contributed by atoms with Gasteiger partial charge in [0.15, 0.2) is 0 Å². The Morgan fingerprint density at radius 2 is 1.94 bits per heavy atom. The Labute approximate surface area is 109 Å². The molecule has 0 aliphatic heterocycles. The van der Waals surface area contributed by atoms with Gasteiger partial charge in [0.2, 0.25) is 5.91 Å². The van der Waals surface area contributed by atoms with Gasteiger partial charge in [0.25, 0.3) is 5.91 Å². The lowest BCUT2D eigenvalue weighted by Gasteiger charge is -2.08. The molecular weight excluding hydrogens is 263 g/mol. The highest BCUT2D eigenvalue weighted by atomic mass is 35.5. The zero-order chi connectivity index (χ0) is 12.8. The lowest BCUT2D eigenvalue weighted by molar-refractivity contribution is -0.121. The van der Waals surface area contributed by atoms with Crippen molar-refractivity contribution in [3.63, 3.8) is 0 Å². The Hall–Kier alpha value is -1.26. The maximum atomic E-state index is 11.6. The molecule has 0 atom stereocenters. The minimum absolute atomic E-state index is 0.236. The first-order valence-corrected chi connectivity index (χ1v) is 5.84. The van der Waals surface area contributed by atoms with E-state index in [1.54, 1.807) is 6.07 Å². The molecule has 6 heteroatoms. The number of carbonyl (C=O) groups excluding carboxylic acids is 2. The molecular formula is C11H12Cl2N2O2. The molecule has 0 heterocycles. The highest BCUT2D eigenvalue weighted by Gasteiger charge is 2.11. The number of halogens is 2. The van der Waals surface area contributed by atoms with Crippen LogP contribution in [0.25, 0.3) is 0 Å². The number of hydrogen-bond acceptors (Lipinski definition) is 2. The summed E-state index contributed by atoms with van der Waals surface area (Å²) in [5.74, 6) is -0.720. The maximum absolute atomic E-state index is 11.6. The molecule has 0 saturated carbocycles. The van der Waals surface area contributed by atoms with Crippen molar-refractivity contribution in [1.29, 1.82) is 0 Å². The maximum Gasteiger partial charge on any atom is 0.271 e. The Morgan fingerprint density at radius 3 is 2.53 bits per heavy atom. The average Bonchev–Trinajstić information content (AvgIpc) is 2.26. The molecule has 1 aromatic rings. The lowest BCUT2D eigenvalue weighted by atomic mass is 10.2. The summed E-state index contributed by atoms with van der Waals surface area (Å²) < 4.78 is 0. The van der Waals surface area contributed by atoms with Gasteiger partial charge in [-0.3, -0.25) is 20.4 Å². The van der Waals surface area contributed by atoms with Gasteiger partial charge in [0.1, 0.15) is 0 Å². The predicted molar refractivity (Wildman–Crippen MR) is 67.0 cm³/mol. The molecule has 2 N–H and O–H groups in total. The summed E-state index contributed by atoms with van der Waals surface area (Å²) in [6.45, 7) is 1.87. The van der Waals surface area contributed by atoms with E-state index in [0.29, 0.717) is 17.9 Å². The predicted octanol–water partition coefficient (Wildman–Crippen LogP) is 2.55. The van der Waals surface area contributed by atoms with Gasteiger partial charge in [-0.2, -0.15) is 0 Å². The first kappa shape index (κ1) is 13.8. The van der Waals surface area contributed by atoms with E-state index in [2.05, 4.69) is 10.9 Å². The third-order valence-corrected chi connectivity index (χ3v) is 2.52. The van der Waals surface area contributed by atoms with Crippen molar-refractivity contribution in [2.45, 2.75) is 19.8 Å². The molecule has 0 spiro atoms. The molecule has 4 nitrogen and oxygen atoms in total. The number of hydrazine groups is 1. The van der Waals surface area contributed by atoms with Crippen LogP contribution in [0.1, 0.15) is 30.1 Å². The van der Waals surface area contributed by atoms with E-state index in [4.69, 9.17) is 23.2 Å². The molecule has 0 saturated heterocycles. The first-order valence-electron chi connectivity index (χ1n) is 5.08. The van der Waals surface area contributed by atoms with Crippen molar-refractivity contribution in [2.24, 2.45) is 0 Å². The average molecular weight is 275 g/mol. The summed E-state index contributed by atoms with van der Waals surface area (Å²) in [5, 5.41) is 0.682. The van der Waals surface area contributed by atoms with Crippen LogP contribution in [-0.4, -0.2) is 11.8 Å². The van der Waals surface area contributed by atoms with Crippen LogP contribution in [0.2, 0.25) is 10.0 Å². The van der Waals surface area contributed by atoms with Crippen LogP contribution in [0.3, 0.4) is 0 Å². The fraction of sp³-hybridized carbons (Fsp3) is 0.273. The second-order valence-corrected chi connectivity index (χ2v) is 4.22. The number of amides is 2. The van der Waals surface area contributed by atoms with Crippen molar-refractivity contribution in [3.8, 4) is 0 Å². The van der Waals surface area contributed by atoms with Crippen molar-refractivity contribution < 1.29 is 9.59 Å². The minimum atomic E-state index is -0.476. The van der Waals surface area contributed by atoms with Crippen LogP contribution in [0.15, 0.2) is 18.2 Å². The minimum Gasteiger partial charge on any atom is -0.273 e. The quantitative estimate of drug-likeness (QED) is 0.833. The van der Waals surface area contributed by atoms with Gasteiger partial charge >= 0.3 is 0 Å². The standard InChI is InChI=1S/C11H12Cl2N2O2/c1-2-3-10(16)14-15-11(17)8-5-4-7(12)6-9(8)13/h4-6H,2-3H2,1H3,(H,14,16)(H,15,17). The molecule has 0 aromatic heterocycles. The van der Waals surface area contributed by atoms with E-state index in [0.717, 1.165) is 0 Å². The Morgan fingerprint density at radius 1 is 1.24 bits per heavy atom. The largest absolute Gasteiger partial charge is 0.273 e. The molecule has 0 aliphatic rings. The van der Waals surface area contributed by atoms with Gasteiger partial charge in [0, 0.05) is 11.4 Å². The van der Waals surface area contributed by atoms with Gasteiger partial charge in [0.05, 0.1) is 10.6 Å². The van der Waals surface area contributed by atoms with E-state index < -0.39 is 5.91 Å². The Balaban J connectivity index is 2.61. The molecule has 17 heavy (non-hydrogen) atoms. The topological polar surface area (TPSA) is 58.2 Å². The van der Waals surface area contributed by atoms with Crippen molar-refractivity contribution in [1.82, 2.24) is 10.9 Å². The summed E-state index contributed by atoms with van der Waals surface area (Å²) in [6, 6.07) is 4.51. The van der Waals surface area contributed by atoms with Crippen molar-refractivity contribution in [3.05, 3.63) is 33.8 Å². The summed E-state index contributed by atoms with van der Waals surface area (Å²) in [4.78, 5) is 22.8. The smallest absolute Gasteiger partial charge is 0.271 e. The highest BCUT2D eigenvalue weighted by molar-refractivity contribution is 6.36. The number of hydrogen-bond donors (Lipinski definition) is 2. The summed E-state index contributed by atoms with van der Waals surface area (Å²) in [5.41, 5.74) is 4.83.